The van der Waals surface area contributed by atoms with Crippen molar-refractivity contribution in [2.24, 2.45) is 0 Å². The van der Waals surface area contributed by atoms with Crippen LogP contribution in [-0.2, 0) is 6.54 Å². The van der Waals surface area contributed by atoms with E-state index in [2.05, 4.69) is 63.9 Å². The van der Waals surface area contributed by atoms with E-state index in [0.717, 1.165) is 53.9 Å². The monoisotopic (exact) mass is 412 g/mol. The number of hydrogen-bond donors (Lipinski definition) is 1. The summed E-state index contributed by atoms with van der Waals surface area (Å²) in [7, 11) is 0. The number of hydrogen-bond acceptors (Lipinski definition) is 5. The minimum atomic E-state index is 0.308. The van der Waals surface area contributed by atoms with Crippen molar-refractivity contribution in [3.63, 3.8) is 0 Å². The lowest BCUT2D eigenvalue weighted by Crippen LogP contribution is -2.24. The van der Waals surface area contributed by atoms with Crippen LogP contribution in [0.3, 0.4) is 0 Å². The summed E-state index contributed by atoms with van der Waals surface area (Å²) in [5, 5.41) is 3.35. The topological polar surface area (TPSA) is 58.4 Å². The predicted octanol–water partition coefficient (Wildman–Crippen LogP) is 5.13. The van der Waals surface area contributed by atoms with E-state index in [0.29, 0.717) is 6.04 Å². The summed E-state index contributed by atoms with van der Waals surface area (Å²) >= 11 is 0. The summed E-state index contributed by atoms with van der Waals surface area (Å²) in [5.41, 5.74) is 6.72. The average Bonchev–Trinajstić information content (AvgIpc) is 3.32. The van der Waals surface area contributed by atoms with E-state index >= 15 is 0 Å². The summed E-state index contributed by atoms with van der Waals surface area (Å²) < 4.78 is 2.23. The van der Waals surface area contributed by atoms with Crippen molar-refractivity contribution in [1.82, 2.24) is 24.3 Å². The smallest absolute Gasteiger partial charge is 0.137 e. The zero-order chi connectivity index (χ0) is 21.4. The van der Waals surface area contributed by atoms with Crippen molar-refractivity contribution in [3.05, 3.63) is 83.1 Å². The number of imidazole rings is 1. The molecule has 5 rings (SSSR count). The molecule has 6 nitrogen and oxygen atoms in total. The lowest BCUT2D eigenvalue weighted by atomic mass is 10.1. The maximum absolute atomic E-state index is 4.94. The molecule has 1 saturated heterocycles. The van der Waals surface area contributed by atoms with Gasteiger partial charge in [0.25, 0.3) is 0 Å². The van der Waals surface area contributed by atoms with Crippen molar-refractivity contribution in [2.45, 2.75) is 46.2 Å². The van der Waals surface area contributed by atoms with Gasteiger partial charge in [0.1, 0.15) is 17.3 Å². The fourth-order valence-electron chi connectivity index (χ4n) is 4.50. The third-order valence-corrected chi connectivity index (χ3v) is 6.05. The maximum atomic E-state index is 4.94. The summed E-state index contributed by atoms with van der Waals surface area (Å²) in [6.45, 7) is 8.16. The second-order valence-electron chi connectivity index (χ2n) is 8.44. The number of likely N-dealkylation sites (tertiary alicyclic amines) is 1. The molecule has 6 heteroatoms. The van der Waals surface area contributed by atoms with Gasteiger partial charge in [-0.25, -0.2) is 15.0 Å². The van der Waals surface area contributed by atoms with E-state index in [1.165, 1.54) is 17.7 Å². The van der Waals surface area contributed by atoms with E-state index in [1.807, 2.05) is 31.2 Å². The van der Waals surface area contributed by atoms with Gasteiger partial charge in [0.05, 0.1) is 23.1 Å². The normalized spacial score (nSPS) is 16.8. The first-order valence-electron chi connectivity index (χ1n) is 10.9. The summed E-state index contributed by atoms with van der Waals surface area (Å²) in [5.74, 6) is 1.66. The standard InChI is InChI=1S/C25H28N6/c1-17-12-14-31-22(19(3)27-25(31)15-17)16-30-13-6-9-21(30)20-8-5-11-24(28-20)29-23-10-4-7-18(2)26-23/h4-5,7-8,10-12,14-15,21H,6,9,13,16H2,1-3H3,(H,26,28,29)/t21-/m0/s1. The molecule has 4 aromatic rings. The number of rotatable bonds is 5. The Labute approximate surface area is 183 Å². The fraction of sp³-hybridized carbons (Fsp3) is 0.320. The number of anilines is 2. The first-order chi connectivity index (χ1) is 15.1. The van der Waals surface area contributed by atoms with Crippen LogP contribution in [0.15, 0.2) is 54.7 Å². The minimum Gasteiger partial charge on any atom is -0.325 e. The Morgan fingerprint density at radius 2 is 1.77 bits per heavy atom. The highest BCUT2D eigenvalue weighted by atomic mass is 15.2. The first kappa shape index (κ1) is 19.7. The van der Waals surface area contributed by atoms with E-state index in [-0.39, 0.29) is 0 Å². The van der Waals surface area contributed by atoms with E-state index in [9.17, 15) is 0 Å². The van der Waals surface area contributed by atoms with Crippen LogP contribution in [0.2, 0.25) is 0 Å². The number of fused-ring (bicyclic) bond motifs is 1. The molecule has 158 valence electrons. The van der Waals surface area contributed by atoms with Gasteiger partial charge in [0.15, 0.2) is 0 Å². The Morgan fingerprint density at radius 3 is 2.61 bits per heavy atom. The van der Waals surface area contributed by atoms with Crippen molar-refractivity contribution in [3.8, 4) is 0 Å². The number of nitrogens with zero attached hydrogens (tertiary/aromatic N) is 5. The number of aryl methyl sites for hydroxylation is 3. The van der Waals surface area contributed by atoms with E-state index in [4.69, 9.17) is 9.97 Å². The number of pyridine rings is 3. The zero-order valence-corrected chi connectivity index (χ0v) is 18.3. The molecule has 1 N–H and O–H groups in total. The Bertz CT molecular complexity index is 1230. The molecule has 0 amide bonds. The zero-order valence-electron chi connectivity index (χ0n) is 18.3. The van der Waals surface area contributed by atoms with Crippen LogP contribution in [0.25, 0.3) is 5.65 Å². The first-order valence-corrected chi connectivity index (χ1v) is 10.9. The summed E-state index contributed by atoms with van der Waals surface area (Å²) in [6.07, 6.45) is 4.44. The highest BCUT2D eigenvalue weighted by Crippen LogP contribution is 2.33. The molecule has 31 heavy (non-hydrogen) atoms. The minimum absolute atomic E-state index is 0.308. The lowest BCUT2D eigenvalue weighted by molar-refractivity contribution is 0.240. The van der Waals surface area contributed by atoms with Gasteiger partial charge in [-0.3, -0.25) is 4.90 Å². The van der Waals surface area contributed by atoms with Gasteiger partial charge in [0, 0.05) is 18.4 Å². The Morgan fingerprint density at radius 1 is 0.968 bits per heavy atom. The van der Waals surface area contributed by atoms with Crippen LogP contribution in [-0.4, -0.2) is 30.8 Å². The van der Waals surface area contributed by atoms with Crippen LogP contribution < -0.4 is 5.32 Å². The van der Waals surface area contributed by atoms with Gasteiger partial charge < -0.3 is 9.72 Å². The fourth-order valence-corrected chi connectivity index (χ4v) is 4.50. The molecule has 1 atom stereocenters. The molecule has 1 aliphatic rings. The van der Waals surface area contributed by atoms with E-state index < -0.39 is 0 Å². The number of aromatic nitrogens is 4. The second-order valence-corrected chi connectivity index (χ2v) is 8.44. The van der Waals surface area contributed by atoms with Crippen molar-refractivity contribution < 1.29 is 0 Å². The quantitative estimate of drug-likeness (QED) is 0.492. The lowest BCUT2D eigenvalue weighted by Gasteiger charge is -2.24. The maximum Gasteiger partial charge on any atom is 0.137 e. The third-order valence-electron chi connectivity index (χ3n) is 6.05. The summed E-state index contributed by atoms with van der Waals surface area (Å²) in [4.78, 5) is 16.8. The highest BCUT2D eigenvalue weighted by molar-refractivity contribution is 5.52. The molecule has 0 aromatic carbocycles. The van der Waals surface area contributed by atoms with Gasteiger partial charge in [-0.05, 0) is 82.1 Å². The predicted molar refractivity (Wildman–Crippen MR) is 124 cm³/mol. The van der Waals surface area contributed by atoms with Crippen molar-refractivity contribution >= 4 is 17.3 Å². The molecular weight excluding hydrogens is 384 g/mol. The largest absolute Gasteiger partial charge is 0.325 e. The molecule has 0 spiro atoms. The Hall–Kier alpha value is -3.25. The molecule has 0 bridgehead atoms. The van der Waals surface area contributed by atoms with Gasteiger partial charge in [-0.15, -0.1) is 0 Å². The van der Waals surface area contributed by atoms with Crippen LogP contribution >= 0.6 is 0 Å². The molecule has 4 aromatic heterocycles. The average molecular weight is 413 g/mol. The number of nitrogens with one attached hydrogen (secondary N) is 1. The molecule has 5 heterocycles. The highest BCUT2D eigenvalue weighted by Gasteiger charge is 2.28. The van der Waals surface area contributed by atoms with Gasteiger partial charge in [0.2, 0.25) is 0 Å². The Balaban J connectivity index is 1.39. The third kappa shape index (κ3) is 4.03. The van der Waals surface area contributed by atoms with E-state index in [1.54, 1.807) is 0 Å². The van der Waals surface area contributed by atoms with Crippen molar-refractivity contribution in [1.29, 1.82) is 0 Å². The van der Waals surface area contributed by atoms with Gasteiger partial charge in [-0.1, -0.05) is 12.1 Å². The molecule has 0 radical (unpaired) electrons. The molecule has 1 aliphatic heterocycles. The van der Waals surface area contributed by atoms with Gasteiger partial charge in [-0.2, -0.15) is 0 Å². The van der Waals surface area contributed by atoms with Gasteiger partial charge >= 0.3 is 0 Å². The second kappa shape index (κ2) is 8.12. The Kier molecular flexibility index (Phi) is 5.16. The van der Waals surface area contributed by atoms with Crippen LogP contribution in [0.4, 0.5) is 11.6 Å². The summed E-state index contributed by atoms with van der Waals surface area (Å²) in [6, 6.07) is 16.8. The molecule has 0 aliphatic carbocycles. The molecule has 0 unspecified atom stereocenters. The molecular formula is C25H28N6. The van der Waals surface area contributed by atoms with Crippen molar-refractivity contribution in [2.75, 3.05) is 11.9 Å². The van der Waals surface area contributed by atoms with Crippen LogP contribution in [0.5, 0.6) is 0 Å². The van der Waals surface area contributed by atoms with Crippen LogP contribution in [0.1, 0.15) is 47.2 Å². The molecule has 0 saturated carbocycles. The SMILES string of the molecule is Cc1ccn2c(CN3CCC[C@H]3c3cccc(Nc4cccc(C)n4)n3)c(C)nc2c1. The van der Waals surface area contributed by atoms with Crippen LogP contribution in [0, 0.1) is 20.8 Å². The molecule has 1 fully saturated rings.